The largest absolute Gasteiger partial charge is 0.481 e. The van der Waals surface area contributed by atoms with Gasteiger partial charge in [0.25, 0.3) is 5.91 Å². The number of hydrogen-bond donors (Lipinski definition) is 2. The number of amides is 1. The van der Waals surface area contributed by atoms with Gasteiger partial charge in [0, 0.05) is 26.7 Å². The highest BCUT2D eigenvalue weighted by atomic mass is 16.5. The van der Waals surface area contributed by atoms with E-state index in [1.165, 1.54) is 11.1 Å². The Kier molecular flexibility index (Phi) is 8.66. The van der Waals surface area contributed by atoms with E-state index in [1.54, 1.807) is 14.0 Å². The topological polar surface area (TPSA) is 59.6 Å². The quantitative estimate of drug-likeness (QED) is 0.649. The molecular weight excluding hydrogens is 292 g/mol. The van der Waals surface area contributed by atoms with Crippen molar-refractivity contribution in [3.8, 4) is 5.75 Å². The van der Waals surface area contributed by atoms with Crippen molar-refractivity contribution < 1.29 is 14.3 Å². The number of hydrogen-bond acceptors (Lipinski definition) is 4. The van der Waals surface area contributed by atoms with Crippen molar-refractivity contribution in [1.29, 1.82) is 0 Å². The van der Waals surface area contributed by atoms with Crippen molar-refractivity contribution in [2.45, 2.75) is 39.7 Å². The van der Waals surface area contributed by atoms with Crippen LogP contribution in [0.1, 0.15) is 37.8 Å². The Balaban J connectivity index is 2.38. The predicted octanol–water partition coefficient (Wildman–Crippen LogP) is 2.24. The Morgan fingerprint density at radius 3 is 2.52 bits per heavy atom. The van der Waals surface area contributed by atoms with Gasteiger partial charge >= 0.3 is 0 Å². The zero-order chi connectivity index (χ0) is 17.2. The first-order valence-electron chi connectivity index (χ1n) is 8.20. The highest BCUT2D eigenvalue weighted by Gasteiger charge is 2.14. The Morgan fingerprint density at radius 2 is 1.91 bits per heavy atom. The van der Waals surface area contributed by atoms with E-state index < -0.39 is 6.10 Å². The molecule has 0 radical (unpaired) electrons. The van der Waals surface area contributed by atoms with E-state index in [9.17, 15) is 4.79 Å². The maximum absolute atomic E-state index is 12.0. The molecule has 0 spiro atoms. The summed E-state index contributed by atoms with van der Waals surface area (Å²) in [5, 5.41) is 6.03. The Morgan fingerprint density at radius 1 is 1.17 bits per heavy atom. The van der Waals surface area contributed by atoms with Crippen LogP contribution in [0.15, 0.2) is 18.2 Å². The number of carbonyl (C=O) groups excluding carboxylic acids is 1. The van der Waals surface area contributed by atoms with E-state index in [0.717, 1.165) is 12.3 Å². The summed E-state index contributed by atoms with van der Waals surface area (Å²) in [4.78, 5) is 12.0. The third-order valence-electron chi connectivity index (χ3n) is 3.63. The van der Waals surface area contributed by atoms with E-state index in [1.807, 2.05) is 12.1 Å². The molecule has 0 saturated heterocycles. The van der Waals surface area contributed by atoms with Crippen LogP contribution in [0.25, 0.3) is 0 Å². The number of aryl methyl sites for hydroxylation is 1. The number of methoxy groups -OCH3 is 1. The second kappa shape index (κ2) is 10.2. The lowest BCUT2D eigenvalue weighted by Crippen LogP contribution is -2.40. The van der Waals surface area contributed by atoms with Gasteiger partial charge in [-0.3, -0.25) is 4.79 Å². The lowest BCUT2D eigenvalue weighted by Gasteiger charge is -2.17. The normalized spacial score (nSPS) is 12.3. The van der Waals surface area contributed by atoms with E-state index in [2.05, 4.69) is 37.5 Å². The first kappa shape index (κ1) is 19.5. The van der Waals surface area contributed by atoms with Gasteiger partial charge in [0.1, 0.15) is 5.75 Å². The molecule has 0 aliphatic rings. The molecule has 0 bridgehead atoms. The molecule has 1 atom stereocenters. The van der Waals surface area contributed by atoms with Crippen LogP contribution in [0.3, 0.4) is 0 Å². The van der Waals surface area contributed by atoms with Gasteiger partial charge in [-0.05, 0) is 43.0 Å². The van der Waals surface area contributed by atoms with Gasteiger partial charge in [0.15, 0.2) is 6.10 Å². The molecule has 1 aromatic carbocycles. The molecule has 0 aliphatic carbocycles. The smallest absolute Gasteiger partial charge is 0.260 e. The second-order valence-electron chi connectivity index (χ2n) is 5.97. The molecule has 2 N–H and O–H groups in total. The van der Waals surface area contributed by atoms with E-state index in [4.69, 9.17) is 9.47 Å². The molecule has 130 valence electrons. The molecule has 0 fully saturated rings. The lowest BCUT2D eigenvalue weighted by atomic mass is 9.98. The summed E-state index contributed by atoms with van der Waals surface area (Å²) in [7, 11) is 1.66. The van der Waals surface area contributed by atoms with E-state index >= 15 is 0 Å². The van der Waals surface area contributed by atoms with Crippen LogP contribution in [0.5, 0.6) is 5.75 Å². The summed E-state index contributed by atoms with van der Waals surface area (Å²) in [5.41, 5.74) is 2.49. The maximum Gasteiger partial charge on any atom is 0.260 e. The van der Waals surface area contributed by atoms with Crippen molar-refractivity contribution in [1.82, 2.24) is 10.6 Å². The van der Waals surface area contributed by atoms with Gasteiger partial charge in [0.2, 0.25) is 0 Å². The highest BCUT2D eigenvalue weighted by molar-refractivity contribution is 5.80. The standard InChI is InChI=1S/C18H30N2O3/c1-13(2)17-7-6-16(12-14(17)3)23-15(4)18(21)20-9-8-19-10-11-22-5/h6-7,12-13,15,19H,8-11H2,1-5H3,(H,20,21). The van der Waals surface area contributed by atoms with Crippen molar-refractivity contribution >= 4 is 5.91 Å². The van der Waals surface area contributed by atoms with Crippen LogP contribution >= 0.6 is 0 Å². The molecule has 0 heterocycles. The molecule has 1 rings (SSSR count). The summed E-state index contributed by atoms with van der Waals surface area (Å²) >= 11 is 0. The fourth-order valence-corrected chi connectivity index (χ4v) is 2.34. The summed E-state index contributed by atoms with van der Waals surface area (Å²) in [6.07, 6.45) is -0.515. The molecular formula is C18H30N2O3. The summed E-state index contributed by atoms with van der Waals surface area (Å²) < 4.78 is 10.7. The Bertz CT molecular complexity index is 489. The Hall–Kier alpha value is -1.59. The fraction of sp³-hybridized carbons (Fsp3) is 0.611. The van der Waals surface area contributed by atoms with Crippen molar-refractivity contribution in [2.75, 3.05) is 33.4 Å². The van der Waals surface area contributed by atoms with Crippen LogP contribution in [0.2, 0.25) is 0 Å². The zero-order valence-corrected chi connectivity index (χ0v) is 14.9. The average molecular weight is 322 g/mol. The van der Waals surface area contributed by atoms with Crippen molar-refractivity contribution in [3.63, 3.8) is 0 Å². The van der Waals surface area contributed by atoms with E-state index in [0.29, 0.717) is 25.6 Å². The summed E-state index contributed by atoms with van der Waals surface area (Å²) in [5.74, 6) is 1.10. The predicted molar refractivity (Wildman–Crippen MR) is 93.1 cm³/mol. The van der Waals surface area contributed by atoms with Crippen LogP contribution in [-0.2, 0) is 9.53 Å². The van der Waals surface area contributed by atoms with Crippen LogP contribution in [0, 0.1) is 6.92 Å². The van der Waals surface area contributed by atoms with Crippen LogP contribution in [-0.4, -0.2) is 45.4 Å². The molecule has 5 heteroatoms. The first-order chi connectivity index (χ1) is 11.0. The number of carbonyl (C=O) groups is 1. The highest BCUT2D eigenvalue weighted by Crippen LogP contribution is 2.24. The van der Waals surface area contributed by atoms with Crippen molar-refractivity contribution in [3.05, 3.63) is 29.3 Å². The minimum Gasteiger partial charge on any atom is -0.481 e. The molecule has 0 aliphatic heterocycles. The van der Waals surface area contributed by atoms with Gasteiger partial charge in [-0.15, -0.1) is 0 Å². The molecule has 23 heavy (non-hydrogen) atoms. The molecule has 1 aromatic rings. The number of nitrogens with one attached hydrogen (secondary N) is 2. The SMILES string of the molecule is COCCNCCNC(=O)C(C)Oc1ccc(C(C)C)c(C)c1. The third kappa shape index (κ3) is 7.01. The van der Waals surface area contributed by atoms with E-state index in [-0.39, 0.29) is 5.91 Å². The Labute approximate surface area is 139 Å². The molecule has 0 aromatic heterocycles. The molecule has 1 unspecified atom stereocenters. The van der Waals surface area contributed by atoms with Gasteiger partial charge in [-0.1, -0.05) is 19.9 Å². The monoisotopic (exact) mass is 322 g/mol. The lowest BCUT2D eigenvalue weighted by molar-refractivity contribution is -0.127. The maximum atomic E-state index is 12.0. The third-order valence-corrected chi connectivity index (χ3v) is 3.63. The van der Waals surface area contributed by atoms with Crippen LogP contribution in [0.4, 0.5) is 0 Å². The van der Waals surface area contributed by atoms with Gasteiger partial charge in [0.05, 0.1) is 6.61 Å². The number of ether oxygens (including phenoxy) is 2. The average Bonchev–Trinajstić information content (AvgIpc) is 2.50. The minimum absolute atomic E-state index is 0.107. The number of benzene rings is 1. The summed E-state index contributed by atoms with van der Waals surface area (Å²) in [6, 6.07) is 5.99. The minimum atomic E-state index is -0.515. The van der Waals surface area contributed by atoms with Crippen LogP contribution < -0.4 is 15.4 Å². The summed E-state index contributed by atoms with van der Waals surface area (Å²) in [6.45, 7) is 10.9. The van der Waals surface area contributed by atoms with Gasteiger partial charge in [-0.25, -0.2) is 0 Å². The zero-order valence-electron chi connectivity index (χ0n) is 14.9. The molecule has 1 amide bonds. The molecule has 0 saturated carbocycles. The van der Waals surface area contributed by atoms with Crippen molar-refractivity contribution in [2.24, 2.45) is 0 Å². The van der Waals surface area contributed by atoms with Gasteiger partial charge in [-0.2, -0.15) is 0 Å². The fourth-order valence-electron chi connectivity index (χ4n) is 2.34. The molecule has 5 nitrogen and oxygen atoms in total. The second-order valence-corrected chi connectivity index (χ2v) is 5.97. The van der Waals surface area contributed by atoms with Gasteiger partial charge < -0.3 is 20.1 Å². The number of rotatable bonds is 10. The first-order valence-corrected chi connectivity index (χ1v) is 8.20.